The Morgan fingerprint density at radius 1 is 0.909 bits per heavy atom. The third kappa shape index (κ3) is 6.13. The van der Waals surface area contributed by atoms with Gasteiger partial charge in [-0.25, -0.2) is 8.42 Å². The summed E-state index contributed by atoms with van der Waals surface area (Å²) in [6.07, 6.45) is -4.48. The number of rotatable bonds is 6. The van der Waals surface area contributed by atoms with Crippen molar-refractivity contribution in [3.05, 3.63) is 94.0 Å². The van der Waals surface area contributed by atoms with Crippen LogP contribution >= 0.6 is 0 Å². The number of hydrogen-bond donors (Lipinski definition) is 2. The van der Waals surface area contributed by atoms with E-state index in [-0.39, 0.29) is 22.6 Å². The molecule has 0 aliphatic heterocycles. The zero-order valence-corrected chi connectivity index (χ0v) is 19.1. The maximum Gasteiger partial charge on any atom is 0.416 e. The maximum absolute atomic E-state index is 13.0. The molecule has 1 amide bonds. The van der Waals surface area contributed by atoms with Crippen molar-refractivity contribution < 1.29 is 26.4 Å². The Morgan fingerprint density at radius 3 is 2.21 bits per heavy atom. The Labute approximate surface area is 190 Å². The topological polar surface area (TPSA) is 75.3 Å². The number of anilines is 1. The molecule has 3 aromatic rings. The van der Waals surface area contributed by atoms with Crippen molar-refractivity contribution >= 4 is 21.6 Å². The summed E-state index contributed by atoms with van der Waals surface area (Å²) in [5.41, 5.74) is 2.19. The van der Waals surface area contributed by atoms with Gasteiger partial charge in [0.1, 0.15) is 0 Å². The molecule has 0 aromatic heterocycles. The highest BCUT2D eigenvalue weighted by atomic mass is 32.2. The van der Waals surface area contributed by atoms with E-state index in [1.54, 1.807) is 19.1 Å². The van der Waals surface area contributed by atoms with Crippen LogP contribution in [0, 0.1) is 20.8 Å². The average molecular weight is 477 g/mol. The van der Waals surface area contributed by atoms with Crippen LogP contribution in [0.3, 0.4) is 0 Å². The van der Waals surface area contributed by atoms with Crippen LogP contribution in [0.15, 0.2) is 65.6 Å². The van der Waals surface area contributed by atoms with Gasteiger partial charge in [-0.05, 0) is 79.4 Å². The molecule has 0 atom stereocenters. The average Bonchev–Trinajstić information content (AvgIpc) is 2.70. The van der Waals surface area contributed by atoms with E-state index in [4.69, 9.17) is 0 Å². The molecule has 0 aliphatic rings. The number of sulfonamides is 1. The van der Waals surface area contributed by atoms with Gasteiger partial charge in [-0.1, -0.05) is 24.3 Å². The predicted octanol–water partition coefficient (Wildman–Crippen LogP) is 5.36. The summed E-state index contributed by atoms with van der Waals surface area (Å²) in [5.74, 6) is -0.602. The van der Waals surface area contributed by atoms with Gasteiger partial charge < -0.3 is 5.32 Å². The Balaban J connectivity index is 1.80. The van der Waals surface area contributed by atoms with Crippen LogP contribution < -0.4 is 10.0 Å². The van der Waals surface area contributed by atoms with E-state index in [0.717, 1.165) is 23.3 Å². The molecule has 33 heavy (non-hydrogen) atoms. The zero-order valence-electron chi connectivity index (χ0n) is 18.2. The fraction of sp³-hybridized carbons (Fsp3) is 0.208. The summed E-state index contributed by atoms with van der Waals surface area (Å²) in [5, 5.41) is 2.54. The highest BCUT2D eigenvalue weighted by Crippen LogP contribution is 2.29. The van der Waals surface area contributed by atoms with E-state index < -0.39 is 27.7 Å². The first-order valence-electron chi connectivity index (χ1n) is 10.0. The second-order valence-corrected chi connectivity index (χ2v) is 9.49. The Morgan fingerprint density at radius 2 is 1.58 bits per heavy atom. The molecule has 0 fully saturated rings. The predicted molar refractivity (Wildman–Crippen MR) is 121 cm³/mol. The number of carbonyl (C=O) groups is 1. The van der Waals surface area contributed by atoms with Crippen LogP contribution in [0.25, 0.3) is 0 Å². The molecule has 3 rings (SSSR count). The summed E-state index contributed by atoms with van der Waals surface area (Å²) in [6, 6.07) is 14.2. The van der Waals surface area contributed by atoms with Gasteiger partial charge in [0, 0.05) is 17.8 Å². The molecule has 5 nitrogen and oxygen atoms in total. The van der Waals surface area contributed by atoms with Crippen molar-refractivity contribution in [3.8, 4) is 0 Å². The molecule has 3 aromatic carbocycles. The second kappa shape index (κ2) is 9.27. The lowest BCUT2D eigenvalue weighted by Crippen LogP contribution is -2.24. The van der Waals surface area contributed by atoms with Crippen LogP contribution in [0.1, 0.15) is 38.2 Å². The highest BCUT2D eigenvalue weighted by molar-refractivity contribution is 7.92. The standard InChI is InChI=1S/C24H23F3N2O3S/c1-15-9-16(2)11-21(10-15)29-33(31,32)22-13-19(8-7-17(22)3)23(30)28-14-18-5-4-6-20(12-18)24(25,26)27/h4-13,29H,14H2,1-3H3,(H,28,30). The number of carbonyl (C=O) groups excluding carboxylic acids is 1. The minimum atomic E-state index is -4.48. The number of benzene rings is 3. The van der Waals surface area contributed by atoms with Crippen molar-refractivity contribution in [2.75, 3.05) is 4.72 Å². The van der Waals surface area contributed by atoms with Gasteiger partial charge in [-0.3, -0.25) is 9.52 Å². The highest BCUT2D eigenvalue weighted by Gasteiger charge is 2.30. The van der Waals surface area contributed by atoms with Gasteiger partial charge in [-0.2, -0.15) is 13.2 Å². The first kappa shape index (κ1) is 24.3. The fourth-order valence-electron chi connectivity index (χ4n) is 3.42. The zero-order chi connectivity index (χ0) is 24.4. The summed E-state index contributed by atoms with van der Waals surface area (Å²) in [6.45, 7) is 5.18. The number of hydrogen-bond acceptors (Lipinski definition) is 3. The van der Waals surface area contributed by atoms with E-state index in [9.17, 15) is 26.4 Å². The molecule has 0 saturated heterocycles. The second-order valence-electron chi connectivity index (χ2n) is 7.84. The lowest BCUT2D eigenvalue weighted by molar-refractivity contribution is -0.137. The lowest BCUT2D eigenvalue weighted by atomic mass is 10.1. The van der Waals surface area contributed by atoms with Crippen molar-refractivity contribution in [1.82, 2.24) is 5.32 Å². The normalized spacial score (nSPS) is 11.8. The van der Waals surface area contributed by atoms with E-state index in [1.165, 1.54) is 30.3 Å². The van der Waals surface area contributed by atoms with Gasteiger partial charge in [0.2, 0.25) is 0 Å². The first-order valence-corrected chi connectivity index (χ1v) is 11.5. The molecular formula is C24H23F3N2O3S. The van der Waals surface area contributed by atoms with Gasteiger partial charge in [0.25, 0.3) is 15.9 Å². The molecule has 0 bridgehead atoms. The van der Waals surface area contributed by atoms with Gasteiger partial charge in [0.15, 0.2) is 0 Å². The molecule has 0 radical (unpaired) electrons. The van der Waals surface area contributed by atoms with Crippen LogP contribution in [-0.4, -0.2) is 14.3 Å². The summed E-state index contributed by atoms with van der Waals surface area (Å²) in [7, 11) is -3.98. The van der Waals surface area contributed by atoms with Crippen molar-refractivity contribution in [2.45, 2.75) is 38.4 Å². The minimum absolute atomic E-state index is 0.0617. The van der Waals surface area contributed by atoms with Crippen molar-refractivity contribution in [1.29, 1.82) is 0 Å². The third-order valence-electron chi connectivity index (χ3n) is 4.92. The third-order valence-corrected chi connectivity index (χ3v) is 6.44. The number of nitrogens with one attached hydrogen (secondary N) is 2. The van der Waals surface area contributed by atoms with Crippen LogP contribution in [0.5, 0.6) is 0 Å². The maximum atomic E-state index is 13.0. The largest absolute Gasteiger partial charge is 0.416 e. The van der Waals surface area contributed by atoms with Crippen molar-refractivity contribution in [2.24, 2.45) is 0 Å². The minimum Gasteiger partial charge on any atom is -0.348 e. The van der Waals surface area contributed by atoms with E-state index >= 15 is 0 Å². The van der Waals surface area contributed by atoms with E-state index in [0.29, 0.717) is 11.3 Å². The van der Waals surface area contributed by atoms with Gasteiger partial charge >= 0.3 is 6.18 Å². The number of aryl methyl sites for hydroxylation is 3. The quantitative estimate of drug-likeness (QED) is 0.503. The number of alkyl halides is 3. The Kier molecular flexibility index (Phi) is 6.83. The molecular weight excluding hydrogens is 453 g/mol. The monoisotopic (exact) mass is 476 g/mol. The first-order chi connectivity index (χ1) is 15.3. The molecule has 0 spiro atoms. The number of amides is 1. The molecule has 0 aliphatic carbocycles. The fourth-order valence-corrected chi connectivity index (χ4v) is 4.73. The molecule has 2 N–H and O–H groups in total. The van der Waals surface area contributed by atoms with Crippen LogP contribution in [-0.2, 0) is 22.7 Å². The lowest BCUT2D eigenvalue weighted by Gasteiger charge is -2.13. The summed E-state index contributed by atoms with van der Waals surface area (Å²) >= 11 is 0. The van der Waals surface area contributed by atoms with Gasteiger partial charge in [0.05, 0.1) is 10.5 Å². The molecule has 9 heteroatoms. The molecule has 0 saturated carbocycles. The van der Waals surface area contributed by atoms with Crippen LogP contribution in [0.4, 0.5) is 18.9 Å². The molecule has 174 valence electrons. The summed E-state index contributed by atoms with van der Waals surface area (Å²) < 4.78 is 67.1. The smallest absolute Gasteiger partial charge is 0.348 e. The SMILES string of the molecule is Cc1cc(C)cc(NS(=O)(=O)c2cc(C(=O)NCc3cccc(C(F)(F)F)c3)ccc2C)c1. The molecule has 0 unspecified atom stereocenters. The van der Waals surface area contributed by atoms with E-state index in [1.807, 2.05) is 19.9 Å². The Bertz CT molecular complexity index is 1280. The summed E-state index contributed by atoms with van der Waals surface area (Å²) in [4.78, 5) is 12.5. The molecule has 0 heterocycles. The van der Waals surface area contributed by atoms with E-state index in [2.05, 4.69) is 10.0 Å². The van der Waals surface area contributed by atoms with Crippen LogP contribution in [0.2, 0.25) is 0 Å². The number of halogens is 3. The van der Waals surface area contributed by atoms with Gasteiger partial charge in [-0.15, -0.1) is 0 Å². The van der Waals surface area contributed by atoms with Crippen molar-refractivity contribution in [3.63, 3.8) is 0 Å². The Hall–Kier alpha value is -3.33.